The van der Waals surface area contributed by atoms with Gasteiger partial charge in [0, 0.05) is 13.0 Å². The summed E-state index contributed by atoms with van der Waals surface area (Å²) in [6.07, 6.45) is 1.39. The lowest BCUT2D eigenvalue weighted by molar-refractivity contribution is -0.146. The fourth-order valence-corrected chi connectivity index (χ4v) is 4.31. The van der Waals surface area contributed by atoms with Crippen molar-refractivity contribution in [1.82, 2.24) is 14.5 Å². The summed E-state index contributed by atoms with van der Waals surface area (Å²) in [7, 11) is 0. The average molecular weight is 478 g/mol. The minimum atomic E-state index is -0.427. The summed E-state index contributed by atoms with van der Waals surface area (Å²) < 4.78 is 6.64. The van der Waals surface area contributed by atoms with Gasteiger partial charge in [0.05, 0.1) is 35.7 Å². The minimum Gasteiger partial charge on any atom is -0.466 e. The van der Waals surface area contributed by atoms with Gasteiger partial charge in [-0.05, 0) is 69.0 Å². The highest BCUT2D eigenvalue weighted by Gasteiger charge is 2.29. The van der Waals surface area contributed by atoms with Crippen LogP contribution >= 0.6 is 0 Å². The Bertz CT molecular complexity index is 1260. The fraction of sp³-hybridized carbons (Fsp3) is 0.429. The van der Waals surface area contributed by atoms with Crippen molar-refractivity contribution in [2.24, 2.45) is 0 Å². The Hall–Kier alpha value is -3.48. The number of rotatable bonds is 10. The van der Waals surface area contributed by atoms with Gasteiger partial charge in [0.1, 0.15) is 5.82 Å². The van der Waals surface area contributed by atoms with E-state index in [0.29, 0.717) is 29.7 Å². The molecule has 1 unspecified atom stereocenters. The molecule has 0 saturated carbocycles. The van der Waals surface area contributed by atoms with Crippen LogP contribution in [-0.4, -0.2) is 39.5 Å². The normalized spacial score (nSPS) is 11.9. The molecule has 0 saturated heterocycles. The third kappa shape index (κ3) is 5.78. The van der Waals surface area contributed by atoms with Crippen molar-refractivity contribution in [2.75, 3.05) is 13.2 Å². The largest absolute Gasteiger partial charge is 0.466 e. The predicted octanol–water partition coefficient (Wildman–Crippen LogP) is 5.04. The molecule has 1 atom stereocenters. The van der Waals surface area contributed by atoms with Crippen LogP contribution in [0.3, 0.4) is 0 Å². The first-order valence-corrected chi connectivity index (χ1v) is 12.4. The van der Waals surface area contributed by atoms with Crippen LogP contribution in [0.15, 0.2) is 47.3 Å². The van der Waals surface area contributed by atoms with Crippen LogP contribution in [0.5, 0.6) is 0 Å². The first kappa shape index (κ1) is 26.1. The van der Waals surface area contributed by atoms with Gasteiger partial charge in [0.15, 0.2) is 0 Å². The second-order valence-electron chi connectivity index (χ2n) is 8.71. The molecule has 0 spiro atoms. The number of esters is 1. The third-order valence-electron chi connectivity index (χ3n) is 6.24. The number of aromatic nitrogens is 2. The summed E-state index contributed by atoms with van der Waals surface area (Å²) in [6, 6.07) is 12.8. The molecule has 1 aromatic heterocycles. The maximum absolute atomic E-state index is 13.8. The van der Waals surface area contributed by atoms with Gasteiger partial charge in [0.2, 0.25) is 5.91 Å². The van der Waals surface area contributed by atoms with Crippen molar-refractivity contribution in [3.8, 4) is 5.69 Å². The first-order valence-electron chi connectivity index (χ1n) is 12.4. The molecular formula is C28H35N3O4. The monoisotopic (exact) mass is 477 g/mol. The minimum absolute atomic E-state index is 0.0262. The molecular weight excluding hydrogens is 442 g/mol. The summed E-state index contributed by atoms with van der Waals surface area (Å²) in [5.41, 5.74) is 3.35. The van der Waals surface area contributed by atoms with Gasteiger partial charge in [-0.2, -0.15) is 0 Å². The molecule has 7 nitrogen and oxygen atoms in total. The average Bonchev–Trinajstić information content (AvgIpc) is 2.84. The number of amides is 1. The lowest BCUT2D eigenvalue weighted by atomic mass is 10.1. The second kappa shape index (κ2) is 11.8. The molecule has 3 rings (SSSR count). The van der Waals surface area contributed by atoms with Gasteiger partial charge < -0.3 is 9.64 Å². The number of aryl methyl sites for hydroxylation is 2. The Balaban J connectivity index is 2.16. The highest BCUT2D eigenvalue weighted by Crippen LogP contribution is 2.27. The molecule has 7 heteroatoms. The van der Waals surface area contributed by atoms with Gasteiger partial charge >= 0.3 is 5.97 Å². The van der Waals surface area contributed by atoms with Crippen LogP contribution in [-0.2, 0) is 14.3 Å². The lowest BCUT2D eigenvalue weighted by Gasteiger charge is -2.32. The molecule has 0 N–H and O–H groups in total. The Morgan fingerprint density at radius 1 is 1.03 bits per heavy atom. The van der Waals surface area contributed by atoms with E-state index in [4.69, 9.17) is 9.72 Å². The highest BCUT2D eigenvalue weighted by atomic mass is 16.5. The van der Waals surface area contributed by atoms with Gasteiger partial charge in [-0.15, -0.1) is 0 Å². The van der Waals surface area contributed by atoms with Gasteiger partial charge in [0.25, 0.3) is 5.56 Å². The molecule has 186 valence electrons. The van der Waals surface area contributed by atoms with Crippen LogP contribution in [0.4, 0.5) is 0 Å². The van der Waals surface area contributed by atoms with Crippen molar-refractivity contribution in [3.05, 3.63) is 69.8 Å². The summed E-state index contributed by atoms with van der Waals surface area (Å²) in [5.74, 6) is -0.0144. The van der Waals surface area contributed by atoms with E-state index in [-0.39, 0.29) is 36.9 Å². The van der Waals surface area contributed by atoms with Crippen molar-refractivity contribution in [1.29, 1.82) is 0 Å². The topological polar surface area (TPSA) is 81.5 Å². The molecule has 1 amide bonds. The smallest absolute Gasteiger partial charge is 0.306 e. The number of fused-ring (bicyclic) bond motifs is 1. The fourth-order valence-electron chi connectivity index (χ4n) is 4.31. The molecule has 3 aromatic rings. The maximum Gasteiger partial charge on any atom is 0.306 e. The van der Waals surface area contributed by atoms with E-state index in [0.717, 1.165) is 23.2 Å². The Labute approximate surface area is 206 Å². The number of ether oxygens (including phenoxy) is 1. The van der Waals surface area contributed by atoms with Crippen LogP contribution in [0.25, 0.3) is 16.6 Å². The molecule has 0 fully saturated rings. The summed E-state index contributed by atoms with van der Waals surface area (Å²) in [6.45, 7) is 10.6. The summed E-state index contributed by atoms with van der Waals surface area (Å²) in [4.78, 5) is 45.6. The zero-order chi connectivity index (χ0) is 25.5. The molecule has 0 radical (unpaired) electrons. The number of nitrogens with zero attached hydrogens (tertiary/aromatic N) is 3. The number of carbonyl (C=O) groups is 2. The molecule has 0 aliphatic rings. The van der Waals surface area contributed by atoms with Gasteiger partial charge in [-0.1, -0.05) is 32.0 Å². The Morgan fingerprint density at radius 3 is 2.43 bits per heavy atom. The Kier molecular flexibility index (Phi) is 8.79. The summed E-state index contributed by atoms with van der Waals surface area (Å²) >= 11 is 0. The van der Waals surface area contributed by atoms with E-state index in [1.165, 1.54) is 0 Å². The maximum atomic E-state index is 13.8. The zero-order valence-electron chi connectivity index (χ0n) is 21.3. The molecule has 0 aliphatic carbocycles. The second-order valence-corrected chi connectivity index (χ2v) is 8.71. The molecule has 1 heterocycles. The van der Waals surface area contributed by atoms with Crippen molar-refractivity contribution < 1.29 is 14.3 Å². The molecule has 2 aromatic carbocycles. The zero-order valence-corrected chi connectivity index (χ0v) is 21.3. The highest BCUT2D eigenvalue weighted by molar-refractivity contribution is 5.82. The first-order chi connectivity index (χ1) is 16.8. The predicted molar refractivity (Wildman–Crippen MR) is 138 cm³/mol. The van der Waals surface area contributed by atoms with E-state index in [9.17, 15) is 14.4 Å². The SMILES string of the molecule is CCCN(C(=O)CCC(=O)OCC)C(CC)c1nc2ccccc2c(=O)n1-c1ccc(C)c(C)c1. The van der Waals surface area contributed by atoms with E-state index in [1.807, 2.05) is 64.1 Å². The number of benzene rings is 2. The number of para-hydroxylation sites is 1. The molecule has 35 heavy (non-hydrogen) atoms. The van der Waals surface area contributed by atoms with Crippen LogP contribution in [0, 0.1) is 13.8 Å². The van der Waals surface area contributed by atoms with Crippen LogP contribution in [0.2, 0.25) is 0 Å². The van der Waals surface area contributed by atoms with Crippen molar-refractivity contribution >= 4 is 22.8 Å². The van der Waals surface area contributed by atoms with Crippen LogP contribution < -0.4 is 5.56 Å². The third-order valence-corrected chi connectivity index (χ3v) is 6.24. The Morgan fingerprint density at radius 2 is 1.77 bits per heavy atom. The van der Waals surface area contributed by atoms with Crippen molar-refractivity contribution in [2.45, 2.75) is 66.3 Å². The number of carbonyl (C=O) groups excluding carboxylic acids is 2. The number of hydrogen-bond donors (Lipinski definition) is 0. The quantitative estimate of drug-likeness (QED) is 0.382. The van der Waals surface area contributed by atoms with E-state index >= 15 is 0 Å². The van der Waals surface area contributed by atoms with Crippen LogP contribution in [0.1, 0.15) is 69.4 Å². The van der Waals surface area contributed by atoms with E-state index < -0.39 is 6.04 Å². The van der Waals surface area contributed by atoms with Crippen molar-refractivity contribution in [3.63, 3.8) is 0 Å². The van der Waals surface area contributed by atoms with E-state index in [2.05, 4.69) is 0 Å². The molecule has 0 aliphatic heterocycles. The van der Waals surface area contributed by atoms with E-state index in [1.54, 1.807) is 22.5 Å². The van der Waals surface area contributed by atoms with Gasteiger partial charge in [-0.25, -0.2) is 4.98 Å². The standard InChI is InChI=1S/C28H35N3O4/c1-6-17-30(25(32)15-16-26(33)35-8-3)24(7-2)27-29-23-12-10-9-11-22(23)28(34)31(27)21-14-13-19(4)20(5)18-21/h9-14,18,24H,6-8,15-17H2,1-5H3. The van der Waals surface area contributed by atoms with Gasteiger partial charge in [-0.3, -0.25) is 19.0 Å². The molecule has 0 bridgehead atoms. The summed E-state index contributed by atoms with van der Waals surface area (Å²) in [5, 5.41) is 0.528. The lowest BCUT2D eigenvalue weighted by Crippen LogP contribution is -2.39. The number of hydrogen-bond acceptors (Lipinski definition) is 5.